The molecule has 2 aromatic carbocycles. The Morgan fingerprint density at radius 3 is 1.80 bits per heavy atom. The van der Waals surface area contributed by atoms with E-state index >= 15 is 0 Å². The summed E-state index contributed by atoms with van der Waals surface area (Å²) in [5.74, 6) is 0.244. The molecule has 1 unspecified atom stereocenters. The number of rotatable bonds is 19. The van der Waals surface area contributed by atoms with E-state index in [-0.39, 0.29) is 35.8 Å². The maximum atomic E-state index is 13.4. The third-order valence-electron chi connectivity index (χ3n) is 7.87. The van der Waals surface area contributed by atoms with Gasteiger partial charge in [-0.15, -0.1) is 0 Å². The van der Waals surface area contributed by atoms with Crippen LogP contribution >= 0.6 is 0 Å². The van der Waals surface area contributed by atoms with Gasteiger partial charge in [-0.2, -0.15) is 0 Å². The van der Waals surface area contributed by atoms with Crippen LogP contribution in [0.3, 0.4) is 0 Å². The summed E-state index contributed by atoms with van der Waals surface area (Å²) in [7, 11) is 7.35. The largest absolute Gasteiger partial charge is 0.493 e. The Kier molecular flexibility index (Phi) is 15.0. The van der Waals surface area contributed by atoms with Crippen LogP contribution in [0.1, 0.15) is 52.8 Å². The van der Waals surface area contributed by atoms with Gasteiger partial charge in [0.05, 0.1) is 53.3 Å². The van der Waals surface area contributed by atoms with Gasteiger partial charge in [0.1, 0.15) is 6.10 Å². The monoisotopic (exact) mass is 648 g/mol. The first-order valence-electron chi connectivity index (χ1n) is 15.5. The Balaban J connectivity index is 1.72. The lowest BCUT2D eigenvalue weighted by Crippen LogP contribution is -2.34. The number of nitrogens with zero attached hydrogens (tertiary/aromatic N) is 2. The minimum absolute atomic E-state index is 0.0113. The van der Waals surface area contributed by atoms with Crippen molar-refractivity contribution in [3.63, 3.8) is 0 Å². The molecule has 13 nitrogen and oxygen atoms in total. The van der Waals surface area contributed by atoms with Crippen molar-refractivity contribution in [1.82, 2.24) is 9.80 Å². The fourth-order valence-corrected chi connectivity index (χ4v) is 5.43. The van der Waals surface area contributed by atoms with Crippen molar-refractivity contribution in [2.24, 2.45) is 0 Å². The molecule has 1 aliphatic heterocycles. The predicted molar refractivity (Wildman–Crippen MR) is 170 cm³/mol. The molecule has 1 atom stereocenters. The normalized spacial score (nSPS) is 14.6. The molecule has 0 bridgehead atoms. The summed E-state index contributed by atoms with van der Waals surface area (Å²) in [6, 6.07) is 5.90. The number of carboxylic acid groups (broad SMARTS) is 1. The number of benzene rings is 2. The number of hydrogen-bond acceptors (Lipinski definition) is 12. The van der Waals surface area contributed by atoms with Crippen LogP contribution in [0.2, 0.25) is 0 Å². The molecule has 0 spiro atoms. The Bertz CT molecular complexity index is 1250. The van der Waals surface area contributed by atoms with Crippen LogP contribution in [-0.4, -0.2) is 126 Å². The molecular weight excluding hydrogens is 600 g/mol. The average Bonchev–Trinajstić information content (AvgIpc) is 3.31. The van der Waals surface area contributed by atoms with Crippen LogP contribution in [0.4, 0.5) is 0 Å². The molecule has 0 amide bonds. The van der Waals surface area contributed by atoms with E-state index in [2.05, 4.69) is 9.80 Å². The van der Waals surface area contributed by atoms with Crippen molar-refractivity contribution in [2.75, 3.05) is 88.0 Å². The van der Waals surface area contributed by atoms with Crippen LogP contribution in [0.15, 0.2) is 24.3 Å². The molecule has 0 aromatic heterocycles. The highest BCUT2D eigenvalue weighted by Gasteiger charge is 2.23. The van der Waals surface area contributed by atoms with Crippen molar-refractivity contribution in [1.29, 1.82) is 0 Å². The first-order valence-corrected chi connectivity index (χ1v) is 15.5. The Hall–Kier alpha value is -3.94. The molecule has 1 aliphatic rings. The second-order valence-electron chi connectivity index (χ2n) is 10.8. The summed E-state index contributed by atoms with van der Waals surface area (Å²) in [5.41, 5.74) is 0.282. The third kappa shape index (κ3) is 10.3. The number of carbonyl (C=O) groups excluding carboxylic acids is 1. The van der Waals surface area contributed by atoms with Crippen molar-refractivity contribution in [2.45, 2.75) is 38.2 Å². The van der Waals surface area contributed by atoms with Gasteiger partial charge in [0, 0.05) is 32.8 Å². The molecule has 256 valence electrons. The van der Waals surface area contributed by atoms with E-state index in [0.29, 0.717) is 42.3 Å². The summed E-state index contributed by atoms with van der Waals surface area (Å²) in [4.78, 5) is 29.8. The maximum absolute atomic E-state index is 13.4. The fourth-order valence-electron chi connectivity index (χ4n) is 5.43. The third-order valence-corrected chi connectivity index (χ3v) is 7.87. The van der Waals surface area contributed by atoms with Crippen molar-refractivity contribution >= 4 is 11.9 Å². The zero-order chi connectivity index (χ0) is 33.5. The first-order chi connectivity index (χ1) is 22.3. The minimum atomic E-state index is -1.12. The van der Waals surface area contributed by atoms with E-state index in [1.165, 1.54) is 47.7 Å². The average molecular weight is 649 g/mol. The highest BCUT2D eigenvalue weighted by Crippen LogP contribution is 2.39. The Labute approximate surface area is 270 Å². The fraction of sp³-hybridized carbons (Fsp3) is 0.576. The number of carbonyl (C=O) groups is 2. The van der Waals surface area contributed by atoms with Gasteiger partial charge in [0.15, 0.2) is 23.0 Å². The van der Waals surface area contributed by atoms with Crippen LogP contribution in [0, 0.1) is 0 Å². The van der Waals surface area contributed by atoms with E-state index in [9.17, 15) is 19.8 Å². The van der Waals surface area contributed by atoms with E-state index in [1.807, 2.05) is 0 Å². The summed E-state index contributed by atoms with van der Waals surface area (Å²) in [6.45, 7) is 5.78. The Morgan fingerprint density at radius 1 is 0.717 bits per heavy atom. The molecule has 1 heterocycles. The molecule has 1 saturated heterocycles. The number of ether oxygens (including phenoxy) is 7. The molecule has 0 radical (unpaired) electrons. The lowest BCUT2D eigenvalue weighted by Gasteiger charge is -2.25. The zero-order valence-electron chi connectivity index (χ0n) is 27.5. The molecule has 46 heavy (non-hydrogen) atoms. The highest BCUT2D eigenvalue weighted by molar-refractivity contribution is 5.91. The number of carboxylic acids is 1. The second-order valence-corrected chi connectivity index (χ2v) is 10.8. The maximum Gasteiger partial charge on any atom is 0.338 e. The van der Waals surface area contributed by atoms with Crippen LogP contribution < -0.4 is 28.4 Å². The standard InChI is InChI=1S/C33H48N2O11/c1-40-26-19-23(32(37)38)20-29(31(26)44-5)45-18-6-9-25(10-14-35-12-7-11-34(15-16-35)13-8-17-36)46-33(39)24-21-27(41-2)30(43-4)28(22-24)42-3/h19-22,25,36H,6-18H2,1-5H3,(H,37,38). The number of aliphatic hydroxyl groups excluding tert-OH is 1. The first kappa shape index (κ1) is 36.5. The van der Waals surface area contributed by atoms with Gasteiger partial charge in [-0.05, 0) is 69.5 Å². The van der Waals surface area contributed by atoms with Gasteiger partial charge in [-0.3, -0.25) is 0 Å². The SMILES string of the molecule is COc1cc(C(=O)OC(CCCOc2cc(C(=O)O)cc(OC)c2OC)CCN2CCCN(CCCO)CC2)cc(OC)c1OC. The van der Waals surface area contributed by atoms with Crippen LogP contribution in [0.25, 0.3) is 0 Å². The smallest absolute Gasteiger partial charge is 0.338 e. The van der Waals surface area contributed by atoms with Crippen molar-refractivity contribution < 1.29 is 53.0 Å². The van der Waals surface area contributed by atoms with Gasteiger partial charge < -0.3 is 53.2 Å². The molecule has 13 heteroatoms. The topological polar surface area (TPSA) is 146 Å². The molecule has 0 saturated carbocycles. The molecule has 2 aromatic rings. The van der Waals surface area contributed by atoms with E-state index in [1.54, 1.807) is 12.1 Å². The lowest BCUT2D eigenvalue weighted by molar-refractivity contribution is 0.0221. The number of esters is 1. The number of aromatic carboxylic acids is 1. The highest BCUT2D eigenvalue weighted by atomic mass is 16.6. The predicted octanol–water partition coefficient (Wildman–Crippen LogP) is 3.59. The summed E-state index contributed by atoms with van der Waals surface area (Å²) in [6.07, 6.45) is 3.00. The minimum Gasteiger partial charge on any atom is -0.493 e. The molecule has 3 rings (SSSR count). The Morgan fingerprint density at radius 2 is 1.26 bits per heavy atom. The molecule has 0 aliphatic carbocycles. The summed E-state index contributed by atoms with van der Waals surface area (Å²) < 4.78 is 38.9. The van der Waals surface area contributed by atoms with E-state index in [0.717, 1.165) is 52.1 Å². The van der Waals surface area contributed by atoms with E-state index < -0.39 is 18.0 Å². The van der Waals surface area contributed by atoms with Gasteiger partial charge >= 0.3 is 11.9 Å². The quantitative estimate of drug-likeness (QED) is 0.169. The number of aliphatic hydroxyl groups is 1. The lowest BCUT2D eigenvalue weighted by atomic mass is 10.1. The van der Waals surface area contributed by atoms with Gasteiger partial charge in [0.2, 0.25) is 11.5 Å². The number of hydrogen-bond donors (Lipinski definition) is 2. The summed E-state index contributed by atoms with van der Waals surface area (Å²) >= 11 is 0. The van der Waals surface area contributed by atoms with Crippen LogP contribution in [0.5, 0.6) is 34.5 Å². The molecule has 1 fully saturated rings. The zero-order valence-corrected chi connectivity index (χ0v) is 27.5. The van der Waals surface area contributed by atoms with Crippen LogP contribution in [-0.2, 0) is 4.74 Å². The summed E-state index contributed by atoms with van der Waals surface area (Å²) in [5, 5.41) is 18.7. The van der Waals surface area contributed by atoms with Gasteiger partial charge in [0.25, 0.3) is 0 Å². The van der Waals surface area contributed by atoms with Crippen molar-refractivity contribution in [3.8, 4) is 34.5 Å². The second kappa shape index (κ2) is 18.9. The molecular formula is C33H48N2O11. The van der Waals surface area contributed by atoms with Gasteiger partial charge in [-0.1, -0.05) is 0 Å². The molecule has 2 N–H and O–H groups in total. The van der Waals surface area contributed by atoms with Crippen molar-refractivity contribution in [3.05, 3.63) is 35.4 Å². The van der Waals surface area contributed by atoms with Gasteiger partial charge in [-0.25, -0.2) is 9.59 Å². The number of methoxy groups -OCH3 is 5. The van der Waals surface area contributed by atoms with E-state index in [4.69, 9.17) is 33.2 Å².